The second kappa shape index (κ2) is 7.03. The summed E-state index contributed by atoms with van der Waals surface area (Å²) < 4.78 is 10.5. The largest absolute Gasteiger partial charge is 0.493 e. The number of hydrogen-bond donors (Lipinski definition) is 0. The van der Waals surface area contributed by atoms with Crippen molar-refractivity contribution in [3.8, 4) is 11.5 Å². The van der Waals surface area contributed by atoms with Gasteiger partial charge < -0.3 is 9.47 Å². The van der Waals surface area contributed by atoms with Gasteiger partial charge in [0.2, 0.25) is 0 Å². The summed E-state index contributed by atoms with van der Waals surface area (Å²) in [4.78, 5) is 26.6. The summed E-state index contributed by atoms with van der Waals surface area (Å²) >= 11 is 0.930. The number of carbonyl (C=O) groups excluding carboxylic acids is 2. The summed E-state index contributed by atoms with van der Waals surface area (Å²) in [5.41, 5.74) is 2.24. The van der Waals surface area contributed by atoms with Gasteiger partial charge in [-0.2, -0.15) is 0 Å². The Bertz CT molecular complexity index is 875. The third-order valence-electron chi connectivity index (χ3n) is 3.86. The standard InChI is InChI=1S/C19H17NO4S/c1-12-6-4-5-7-14(12)20-18(21)17(25-19(20)22)11-13-8-9-15(23-2)16(10-13)24-3/h4-11H,1-3H3/b17-11-. The minimum atomic E-state index is -0.320. The number of carbonyl (C=O) groups is 2. The van der Waals surface area contributed by atoms with E-state index in [-0.39, 0.29) is 11.1 Å². The molecule has 0 bridgehead atoms. The third-order valence-corrected chi connectivity index (χ3v) is 4.73. The number of ether oxygens (including phenoxy) is 2. The molecule has 5 nitrogen and oxygen atoms in total. The summed E-state index contributed by atoms with van der Waals surface area (Å²) in [6.45, 7) is 1.87. The number of para-hydroxylation sites is 1. The first-order chi connectivity index (χ1) is 12.0. The molecular formula is C19H17NO4S. The van der Waals surface area contributed by atoms with Crippen molar-refractivity contribution in [2.24, 2.45) is 0 Å². The summed E-state index contributed by atoms with van der Waals surface area (Å²) in [6, 6.07) is 12.7. The van der Waals surface area contributed by atoms with Gasteiger partial charge in [-0.1, -0.05) is 24.3 Å². The lowest BCUT2D eigenvalue weighted by Crippen LogP contribution is -2.28. The van der Waals surface area contributed by atoms with Crippen LogP contribution in [0.3, 0.4) is 0 Å². The topological polar surface area (TPSA) is 55.8 Å². The van der Waals surface area contributed by atoms with Crippen LogP contribution < -0.4 is 14.4 Å². The highest BCUT2D eigenvalue weighted by molar-refractivity contribution is 8.19. The van der Waals surface area contributed by atoms with Gasteiger partial charge in [0.15, 0.2) is 11.5 Å². The van der Waals surface area contributed by atoms with Crippen molar-refractivity contribution in [3.63, 3.8) is 0 Å². The molecule has 0 atom stereocenters. The van der Waals surface area contributed by atoms with Crippen LogP contribution in [-0.2, 0) is 4.79 Å². The fourth-order valence-electron chi connectivity index (χ4n) is 2.58. The fraction of sp³-hybridized carbons (Fsp3) is 0.158. The van der Waals surface area contributed by atoms with E-state index in [9.17, 15) is 9.59 Å². The number of hydrogen-bond acceptors (Lipinski definition) is 5. The van der Waals surface area contributed by atoms with Gasteiger partial charge in [-0.05, 0) is 54.1 Å². The van der Waals surface area contributed by atoms with Gasteiger partial charge in [0.05, 0.1) is 24.8 Å². The van der Waals surface area contributed by atoms with Crippen LogP contribution >= 0.6 is 11.8 Å². The minimum Gasteiger partial charge on any atom is -0.493 e. The molecule has 1 saturated heterocycles. The number of anilines is 1. The number of methoxy groups -OCH3 is 2. The Morgan fingerprint density at radius 3 is 2.40 bits per heavy atom. The molecule has 0 aliphatic carbocycles. The second-order valence-electron chi connectivity index (χ2n) is 5.42. The third kappa shape index (κ3) is 3.25. The molecule has 1 fully saturated rings. The average Bonchev–Trinajstić information content (AvgIpc) is 2.89. The van der Waals surface area contributed by atoms with Crippen molar-refractivity contribution in [2.75, 3.05) is 19.1 Å². The van der Waals surface area contributed by atoms with Crippen LogP contribution in [0.1, 0.15) is 11.1 Å². The lowest BCUT2D eigenvalue weighted by Gasteiger charge is -2.14. The normalized spacial score (nSPS) is 15.8. The van der Waals surface area contributed by atoms with Crippen molar-refractivity contribution in [1.29, 1.82) is 0 Å². The molecule has 0 saturated carbocycles. The van der Waals surface area contributed by atoms with Gasteiger partial charge in [-0.25, -0.2) is 4.90 Å². The zero-order valence-corrected chi connectivity index (χ0v) is 14.9. The molecule has 3 rings (SSSR count). The van der Waals surface area contributed by atoms with Crippen LogP contribution in [0, 0.1) is 6.92 Å². The first-order valence-electron chi connectivity index (χ1n) is 7.60. The monoisotopic (exact) mass is 355 g/mol. The molecule has 2 amide bonds. The number of amides is 2. The molecule has 1 aliphatic rings. The van der Waals surface area contributed by atoms with Crippen LogP contribution in [-0.4, -0.2) is 25.4 Å². The summed E-state index contributed by atoms with van der Waals surface area (Å²) in [5.74, 6) is 0.848. The van der Waals surface area contributed by atoms with E-state index in [1.165, 1.54) is 4.90 Å². The molecule has 6 heteroatoms. The Morgan fingerprint density at radius 2 is 1.72 bits per heavy atom. The van der Waals surface area contributed by atoms with Crippen LogP contribution in [0.4, 0.5) is 10.5 Å². The van der Waals surface area contributed by atoms with Crippen molar-refractivity contribution in [1.82, 2.24) is 0 Å². The summed E-state index contributed by atoms with van der Waals surface area (Å²) in [6.07, 6.45) is 1.69. The van der Waals surface area contributed by atoms with Crippen molar-refractivity contribution in [2.45, 2.75) is 6.92 Å². The molecule has 2 aromatic rings. The van der Waals surface area contributed by atoms with Gasteiger partial charge in [0, 0.05) is 0 Å². The van der Waals surface area contributed by atoms with Crippen molar-refractivity contribution >= 4 is 34.7 Å². The SMILES string of the molecule is COc1ccc(/C=C2\SC(=O)N(c3ccccc3C)C2=O)cc1OC. The quantitative estimate of drug-likeness (QED) is 0.767. The molecule has 25 heavy (non-hydrogen) atoms. The zero-order chi connectivity index (χ0) is 18.0. The molecule has 0 aromatic heterocycles. The predicted octanol–water partition coefficient (Wildman–Crippen LogP) is 4.25. The number of rotatable bonds is 4. The van der Waals surface area contributed by atoms with Gasteiger partial charge in [0.1, 0.15) is 0 Å². The van der Waals surface area contributed by atoms with E-state index in [2.05, 4.69) is 0 Å². The Morgan fingerprint density at radius 1 is 1.00 bits per heavy atom. The number of benzene rings is 2. The molecule has 2 aromatic carbocycles. The minimum absolute atomic E-state index is 0.300. The molecule has 0 radical (unpaired) electrons. The van der Waals surface area contributed by atoms with E-state index in [0.717, 1.165) is 22.9 Å². The number of thioether (sulfide) groups is 1. The Balaban J connectivity index is 1.95. The smallest absolute Gasteiger partial charge is 0.298 e. The van der Waals surface area contributed by atoms with E-state index in [1.54, 1.807) is 38.5 Å². The average molecular weight is 355 g/mol. The maximum absolute atomic E-state index is 12.7. The van der Waals surface area contributed by atoms with Gasteiger partial charge in [-0.15, -0.1) is 0 Å². The highest BCUT2D eigenvalue weighted by atomic mass is 32.2. The van der Waals surface area contributed by atoms with Crippen LogP contribution in [0.15, 0.2) is 47.4 Å². The molecule has 0 spiro atoms. The predicted molar refractivity (Wildman–Crippen MR) is 99.2 cm³/mol. The van der Waals surface area contributed by atoms with Crippen LogP contribution in [0.2, 0.25) is 0 Å². The summed E-state index contributed by atoms with van der Waals surface area (Å²) in [7, 11) is 3.11. The maximum Gasteiger partial charge on any atom is 0.298 e. The zero-order valence-electron chi connectivity index (χ0n) is 14.1. The number of aryl methyl sites for hydroxylation is 1. The van der Waals surface area contributed by atoms with E-state index >= 15 is 0 Å². The Kier molecular flexibility index (Phi) is 4.81. The Labute approximate surface area is 150 Å². The molecule has 1 heterocycles. The lowest BCUT2D eigenvalue weighted by molar-refractivity contribution is -0.113. The van der Waals surface area contributed by atoms with Gasteiger partial charge >= 0.3 is 0 Å². The fourth-order valence-corrected chi connectivity index (χ4v) is 3.42. The van der Waals surface area contributed by atoms with E-state index in [4.69, 9.17) is 9.47 Å². The van der Waals surface area contributed by atoms with Gasteiger partial charge in [0.25, 0.3) is 11.1 Å². The molecule has 1 aliphatic heterocycles. The first kappa shape index (κ1) is 17.1. The van der Waals surface area contributed by atoms with Gasteiger partial charge in [-0.3, -0.25) is 9.59 Å². The molecule has 0 N–H and O–H groups in total. The Hall–Kier alpha value is -2.73. The van der Waals surface area contributed by atoms with Crippen molar-refractivity contribution in [3.05, 3.63) is 58.5 Å². The highest BCUT2D eigenvalue weighted by Gasteiger charge is 2.36. The number of imide groups is 1. The van der Waals surface area contributed by atoms with Crippen LogP contribution in [0.5, 0.6) is 11.5 Å². The van der Waals surface area contributed by atoms with E-state index in [0.29, 0.717) is 22.1 Å². The second-order valence-corrected chi connectivity index (χ2v) is 6.41. The van der Waals surface area contributed by atoms with E-state index in [1.807, 2.05) is 31.2 Å². The first-order valence-corrected chi connectivity index (χ1v) is 8.42. The van der Waals surface area contributed by atoms with E-state index < -0.39 is 0 Å². The van der Waals surface area contributed by atoms with Crippen molar-refractivity contribution < 1.29 is 19.1 Å². The molecule has 128 valence electrons. The molecule has 0 unspecified atom stereocenters. The molecular weight excluding hydrogens is 338 g/mol. The van der Waals surface area contributed by atoms with Crippen LogP contribution in [0.25, 0.3) is 6.08 Å². The highest BCUT2D eigenvalue weighted by Crippen LogP contribution is 2.37. The maximum atomic E-state index is 12.7. The number of nitrogens with zero attached hydrogens (tertiary/aromatic N) is 1. The summed E-state index contributed by atoms with van der Waals surface area (Å²) in [5, 5.41) is -0.300. The lowest BCUT2D eigenvalue weighted by atomic mass is 10.1.